The van der Waals surface area contributed by atoms with Crippen LogP contribution in [-0.2, 0) is 16.1 Å². The first-order valence-electron chi connectivity index (χ1n) is 9.30. The fraction of sp³-hybridized carbons (Fsp3) is 0.526. The number of nitrogens with zero attached hydrogens (tertiary/aromatic N) is 1. The van der Waals surface area contributed by atoms with Crippen LogP contribution in [0.25, 0.3) is 10.2 Å². The van der Waals surface area contributed by atoms with Crippen molar-refractivity contribution in [2.24, 2.45) is 11.8 Å². The normalized spacial score (nSPS) is 22.4. The number of rotatable bonds is 5. The zero-order chi connectivity index (χ0) is 19.2. The number of thiocarbonyl (C=S) groups is 1. The molecule has 0 bridgehead atoms. The number of amides is 1. The van der Waals surface area contributed by atoms with Crippen LogP contribution in [0.5, 0.6) is 0 Å². The summed E-state index contributed by atoms with van der Waals surface area (Å²) in [4.78, 5) is 16.4. The molecule has 1 aliphatic carbocycles. The second-order valence-corrected chi connectivity index (χ2v) is 8.61. The van der Waals surface area contributed by atoms with Crippen molar-refractivity contribution in [2.45, 2.75) is 45.8 Å². The Balaban J connectivity index is 1.35. The fourth-order valence-corrected chi connectivity index (χ4v) is 4.47. The minimum atomic E-state index is -0.273. The van der Waals surface area contributed by atoms with E-state index in [9.17, 15) is 4.79 Å². The Kier molecular flexibility index (Phi) is 6.98. The Morgan fingerprint density at radius 1 is 1.30 bits per heavy atom. The molecule has 1 heterocycles. The van der Waals surface area contributed by atoms with Gasteiger partial charge in [-0.1, -0.05) is 38.8 Å². The van der Waals surface area contributed by atoms with Crippen LogP contribution in [0.4, 0.5) is 0 Å². The van der Waals surface area contributed by atoms with Gasteiger partial charge < -0.3 is 10.1 Å². The average molecular weight is 407 g/mol. The topological polar surface area (TPSA) is 75.3 Å². The molecule has 2 aromatic rings. The molecule has 3 N–H and O–H groups in total. The molecular formula is C19H26N4O2S2. The summed E-state index contributed by atoms with van der Waals surface area (Å²) in [5, 5.41) is 4.61. The lowest BCUT2D eigenvalue weighted by Crippen LogP contribution is -2.53. The van der Waals surface area contributed by atoms with E-state index in [4.69, 9.17) is 17.0 Å². The number of carbonyl (C=O) groups is 1. The Morgan fingerprint density at radius 2 is 2.11 bits per heavy atom. The molecule has 1 aromatic carbocycles. The molecule has 3 rings (SSSR count). The summed E-state index contributed by atoms with van der Waals surface area (Å²) >= 11 is 6.86. The molecule has 0 radical (unpaired) electrons. The lowest BCUT2D eigenvalue weighted by atomic mass is 9.78. The molecule has 0 aliphatic heterocycles. The van der Waals surface area contributed by atoms with E-state index in [0.717, 1.165) is 21.6 Å². The van der Waals surface area contributed by atoms with E-state index in [1.165, 1.54) is 12.8 Å². The number of nitrogens with one attached hydrogen (secondary N) is 3. The highest BCUT2D eigenvalue weighted by Crippen LogP contribution is 2.29. The first-order chi connectivity index (χ1) is 13.0. The van der Waals surface area contributed by atoms with E-state index in [1.807, 2.05) is 24.3 Å². The third kappa shape index (κ3) is 5.60. The van der Waals surface area contributed by atoms with Gasteiger partial charge >= 0.3 is 0 Å². The van der Waals surface area contributed by atoms with Crippen molar-refractivity contribution in [1.29, 1.82) is 0 Å². The van der Waals surface area contributed by atoms with Crippen LogP contribution < -0.4 is 16.2 Å². The van der Waals surface area contributed by atoms with Crippen LogP contribution >= 0.6 is 23.6 Å². The zero-order valence-corrected chi connectivity index (χ0v) is 17.3. The summed E-state index contributed by atoms with van der Waals surface area (Å²) < 4.78 is 6.57. The van der Waals surface area contributed by atoms with Crippen molar-refractivity contribution in [3.8, 4) is 0 Å². The van der Waals surface area contributed by atoms with Gasteiger partial charge in [-0.05, 0) is 42.6 Å². The number of carbonyl (C=O) groups excluding carboxylic acids is 1. The van der Waals surface area contributed by atoms with Gasteiger partial charge in [0.05, 0.1) is 16.8 Å². The zero-order valence-electron chi connectivity index (χ0n) is 15.7. The smallest absolute Gasteiger partial charge is 0.264 e. The summed E-state index contributed by atoms with van der Waals surface area (Å²) in [6.45, 7) is 4.79. The lowest BCUT2D eigenvalue weighted by Gasteiger charge is -2.35. The highest BCUT2D eigenvalue weighted by Gasteiger charge is 2.27. The van der Waals surface area contributed by atoms with Gasteiger partial charge in [-0.15, -0.1) is 11.3 Å². The predicted octanol–water partition coefficient (Wildman–Crippen LogP) is 3.13. The molecule has 0 unspecified atom stereocenters. The number of hydrazine groups is 1. The molecule has 6 nitrogen and oxygen atoms in total. The van der Waals surface area contributed by atoms with Crippen molar-refractivity contribution in [1.82, 2.24) is 21.2 Å². The molecule has 1 amide bonds. The summed E-state index contributed by atoms with van der Waals surface area (Å²) in [7, 11) is 0. The Hall–Kier alpha value is -1.77. The van der Waals surface area contributed by atoms with Crippen molar-refractivity contribution in [2.75, 3.05) is 6.61 Å². The number of fused-ring (bicyclic) bond motifs is 1. The van der Waals surface area contributed by atoms with Crippen LogP contribution in [0.3, 0.4) is 0 Å². The van der Waals surface area contributed by atoms with Gasteiger partial charge in [0.1, 0.15) is 11.6 Å². The number of para-hydroxylation sites is 1. The second kappa shape index (κ2) is 9.43. The summed E-state index contributed by atoms with van der Waals surface area (Å²) in [5.41, 5.74) is 6.29. The Morgan fingerprint density at radius 3 is 2.93 bits per heavy atom. The first-order valence-corrected chi connectivity index (χ1v) is 10.5. The predicted molar refractivity (Wildman–Crippen MR) is 112 cm³/mol. The summed E-state index contributed by atoms with van der Waals surface area (Å²) in [6.07, 6.45) is 3.58. The average Bonchev–Trinajstić information content (AvgIpc) is 3.06. The minimum absolute atomic E-state index is 0.0532. The molecule has 0 spiro atoms. The van der Waals surface area contributed by atoms with Gasteiger partial charge in [-0.2, -0.15) is 0 Å². The van der Waals surface area contributed by atoms with Gasteiger partial charge in [0, 0.05) is 6.04 Å². The van der Waals surface area contributed by atoms with Gasteiger partial charge in [0.15, 0.2) is 5.11 Å². The summed E-state index contributed by atoms with van der Waals surface area (Å²) in [5.74, 6) is 0.973. The molecule has 1 fully saturated rings. The molecule has 1 saturated carbocycles. The molecular weight excluding hydrogens is 380 g/mol. The van der Waals surface area contributed by atoms with E-state index < -0.39 is 0 Å². The number of ether oxygens (including phenoxy) is 1. The number of hydrogen-bond acceptors (Lipinski definition) is 5. The van der Waals surface area contributed by atoms with Crippen molar-refractivity contribution < 1.29 is 9.53 Å². The first kappa shape index (κ1) is 20.0. The lowest BCUT2D eigenvalue weighted by molar-refractivity contribution is -0.126. The van der Waals surface area contributed by atoms with Crippen LogP contribution in [0.1, 0.15) is 38.1 Å². The quantitative estimate of drug-likeness (QED) is 0.523. The number of aromatic nitrogens is 1. The van der Waals surface area contributed by atoms with Crippen LogP contribution in [0.2, 0.25) is 0 Å². The highest BCUT2D eigenvalue weighted by atomic mass is 32.1. The van der Waals surface area contributed by atoms with Gasteiger partial charge in [0.2, 0.25) is 0 Å². The fourth-order valence-electron chi connectivity index (χ4n) is 3.37. The SMILES string of the molecule is C[C@@H]1[C@H](C)CCC[C@H]1NC(=S)NNC(=O)COCc1nc2ccccc2s1. The van der Waals surface area contributed by atoms with E-state index >= 15 is 0 Å². The largest absolute Gasteiger partial charge is 0.364 e. The molecule has 27 heavy (non-hydrogen) atoms. The van der Waals surface area contributed by atoms with Gasteiger partial charge in [-0.25, -0.2) is 4.98 Å². The van der Waals surface area contributed by atoms with Crippen molar-refractivity contribution in [3.05, 3.63) is 29.3 Å². The highest BCUT2D eigenvalue weighted by molar-refractivity contribution is 7.80. The number of benzene rings is 1. The van der Waals surface area contributed by atoms with Crippen LogP contribution in [-0.4, -0.2) is 28.7 Å². The van der Waals surface area contributed by atoms with Gasteiger partial charge in [0.25, 0.3) is 5.91 Å². The van der Waals surface area contributed by atoms with Gasteiger partial charge in [-0.3, -0.25) is 15.6 Å². The third-order valence-corrected chi connectivity index (χ3v) is 6.37. The maximum absolute atomic E-state index is 11.9. The van der Waals surface area contributed by atoms with E-state index in [0.29, 0.717) is 29.6 Å². The maximum atomic E-state index is 11.9. The van der Waals surface area contributed by atoms with Crippen molar-refractivity contribution >= 4 is 44.8 Å². The molecule has 1 aliphatic rings. The van der Waals surface area contributed by atoms with E-state index in [1.54, 1.807) is 11.3 Å². The van der Waals surface area contributed by atoms with E-state index in [-0.39, 0.29) is 12.5 Å². The molecule has 146 valence electrons. The molecule has 1 aromatic heterocycles. The second-order valence-electron chi connectivity index (χ2n) is 7.09. The standard InChI is InChI=1S/C19H26N4O2S2/c1-12-6-5-8-14(13(12)2)21-19(26)23-22-17(24)10-25-11-18-20-15-7-3-4-9-16(15)27-18/h3-4,7,9,12-14H,5-6,8,10-11H2,1-2H3,(H,22,24)(H2,21,23,26)/t12-,13-,14-/m1/s1. The molecule has 8 heteroatoms. The summed E-state index contributed by atoms with van der Waals surface area (Å²) in [6, 6.07) is 8.27. The number of thiazole rings is 1. The van der Waals surface area contributed by atoms with Crippen molar-refractivity contribution in [3.63, 3.8) is 0 Å². The van der Waals surface area contributed by atoms with Crippen LogP contribution in [0.15, 0.2) is 24.3 Å². The minimum Gasteiger partial charge on any atom is -0.364 e. The molecule has 0 saturated heterocycles. The third-order valence-electron chi connectivity index (χ3n) is 5.14. The monoisotopic (exact) mass is 406 g/mol. The molecule has 3 atom stereocenters. The van der Waals surface area contributed by atoms with E-state index in [2.05, 4.69) is 35.0 Å². The Labute approximate surface area is 169 Å². The number of hydrogen-bond donors (Lipinski definition) is 3. The maximum Gasteiger partial charge on any atom is 0.264 e. The van der Waals surface area contributed by atoms with Crippen LogP contribution in [0, 0.1) is 11.8 Å². The Bertz CT molecular complexity index is 762.